The molecule has 0 bridgehead atoms. The van der Waals surface area contributed by atoms with Crippen molar-refractivity contribution in [2.75, 3.05) is 38.8 Å². The number of hydrogen-bond acceptors (Lipinski definition) is 6. The van der Waals surface area contributed by atoms with Crippen molar-refractivity contribution >= 4 is 22.8 Å². The highest BCUT2D eigenvalue weighted by Gasteiger charge is 2.36. The van der Waals surface area contributed by atoms with E-state index >= 15 is 0 Å². The highest BCUT2D eigenvalue weighted by molar-refractivity contribution is 5.92. The first kappa shape index (κ1) is 17.1. The van der Waals surface area contributed by atoms with Crippen LogP contribution < -0.4 is 20.1 Å². The molecule has 2 aromatic rings. The standard InChI is InChI=1S/C17H23N5O3/c1-17(2)9-21(5-6-22(17)16(18)23)15-11-7-13(24-3)14(25-4)8-12(11)19-10-20-15/h7-8,10H,5-6,9H2,1-4H3,(H2,18,23). The van der Waals surface area contributed by atoms with E-state index in [9.17, 15) is 4.79 Å². The van der Waals surface area contributed by atoms with Crippen LogP contribution in [0.25, 0.3) is 10.9 Å². The second-order valence-corrected chi connectivity index (χ2v) is 6.65. The van der Waals surface area contributed by atoms with Gasteiger partial charge in [-0.05, 0) is 19.9 Å². The highest BCUT2D eigenvalue weighted by Crippen LogP contribution is 2.35. The number of amides is 2. The van der Waals surface area contributed by atoms with E-state index in [1.54, 1.807) is 19.1 Å². The average Bonchev–Trinajstić information content (AvgIpc) is 2.58. The van der Waals surface area contributed by atoms with Gasteiger partial charge in [0.25, 0.3) is 0 Å². The lowest BCUT2D eigenvalue weighted by Gasteiger charge is -2.46. The molecule has 1 aliphatic rings. The Hall–Kier alpha value is -2.77. The van der Waals surface area contributed by atoms with Gasteiger partial charge >= 0.3 is 6.03 Å². The van der Waals surface area contributed by atoms with Crippen molar-refractivity contribution in [1.82, 2.24) is 14.9 Å². The second kappa shape index (κ2) is 6.27. The summed E-state index contributed by atoms with van der Waals surface area (Å²) in [5, 5.41) is 0.878. The Balaban J connectivity index is 2.03. The van der Waals surface area contributed by atoms with Gasteiger partial charge in [-0.2, -0.15) is 0 Å². The maximum Gasteiger partial charge on any atom is 0.315 e. The Labute approximate surface area is 146 Å². The van der Waals surface area contributed by atoms with Crippen LogP contribution in [0.3, 0.4) is 0 Å². The van der Waals surface area contributed by atoms with Gasteiger partial charge < -0.3 is 25.0 Å². The summed E-state index contributed by atoms with van der Waals surface area (Å²) in [5.74, 6) is 2.06. The number of rotatable bonds is 3. The molecule has 2 N–H and O–H groups in total. The molecule has 0 spiro atoms. The molecule has 0 unspecified atom stereocenters. The number of carbonyl (C=O) groups excluding carboxylic acids is 1. The number of benzene rings is 1. The molecule has 8 nitrogen and oxygen atoms in total. The van der Waals surface area contributed by atoms with Gasteiger partial charge in [0.2, 0.25) is 0 Å². The van der Waals surface area contributed by atoms with Crippen LogP contribution in [0, 0.1) is 0 Å². The quantitative estimate of drug-likeness (QED) is 0.909. The van der Waals surface area contributed by atoms with Crippen molar-refractivity contribution in [2.45, 2.75) is 19.4 Å². The lowest BCUT2D eigenvalue weighted by Crippen LogP contribution is -2.62. The minimum absolute atomic E-state index is 0.391. The zero-order valence-corrected chi connectivity index (χ0v) is 14.9. The molecule has 0 aliphatic carbocycles. The molecule has 2 amide bonds. The van der Waals surface area contributed by atoms with Crippen LogP contribution in [0.5, 0.6) is 11.5 Å². The molecular weight excluding hydrogens is 322 g/mol. The number of nitrogens with zero attached hydrogens (tertiary/aromatic N) is 4. The summed E-state index contributed by atoms with van der Waals surface area (Å²) < 4.78 is 10.8. The normalized spacial score (nSPS) is 16.8. The van der Waals surface area contributed by atoms with E-state index in [2.05, 4.69) is 14.9 Å². The summed E-state index contributed by atoms with van der Waals surface area (Å²) in [6.07, 6.45) is 1.54. The van der Waals surface area contributed by atoms with Crippen LogP contribution in [0.4, 0.5) is 10.6 Å². The summed E-state index contributed by atoms with van der Waals surface area (Å²) in [6, 6.07) is 3.32. The number of urea groups is 1. The largest absolute Gasteiger partial charge is 0.493 e. The molecule has 1 aromatic carbocycles. The molecule has 25 heavy (non-hydrogen) atoms. The third-order valence-corrected chi connectivity index (χ3v) is 4.59. The predicted octanol–water partition coefficient (Wildman–Crippen LogP) is 1.63. The number of piperazine rings is 1. The number of hydrogen-bond donors (Lipinski definition) is 1. The Morgan fingerprint density at radius 2 is 1.84 bits per heavy atom. The van der Waals surface area contributed by atoms with Crippen molar-refractivity contribution in [2.24, 2.45) is 5.73 Å². The first-order valence-electron chi connectivity index (χ1n) is 8.06. The van der Waals surface area contributed by atoms with Crippen molar-refractivity contribution in [1.29, 1.82) is 0 Å². The smallest absolute Gasteiger partial charge is 0.315 e. The van der Waals surface area contributed by atoms with E-state index < -0.39 is 11.6 Å². The van der Waals surface area contributed by atoms with Crippen LogP contribution in [-0.4, -0.2) is 60.3 Å². The van der Waals surface area contributed by atoms with E-state index in [1.165, 1.54) is 6.33 Å². The number of methoxy groups -OCH3 is 2. The molecule has 2 heterocycles. The molecule has 134 valence electrons. The molecule has 0 atom stereocenters. The minimum Gasteiger partial charge on any atom is -0.493 e. The van der Waals surface area contributed by atoms with Crippen LogP contribution in [-0.2, 0) is 0 Å². The lowest BCUT2D eigenvalue weighted by atomic mass is 9.99. The second-order valence-electron chi connectivity index (χ2n) is 6.65. The number of aromatic nitrogens is 2. The first-order chi connectivity index (χ1) is 11.9. The number of nitrogens with two attached hydrogens (primary N) is 1. The zero-order valence-electron chi connectivity index (χ0n) is 14.9. The highest BCUT2D eigenvalue weighted by atomic mass is 16.5. The summed E-state index contributed by atoms with van der Waals surface area (Å²) in [5.41, 5.74) is 5.88. The Kier molecular flexibility index (Phi) is 4.28. The maximum absolute atomic E-state index is 11.7. The Morgan fingerprint density at radius 3 is 2.44 bits per heavy atom. The monoisotopic (exact) mass is 345 g/mol. The van der Waals surface area contributed by atoms with Crippen molar-refractivity contribution < 1.29 is 14.3 Å². The third kappa shape index (κ3) is 2.99. The van der Waals surface area contributed by atoms with Crippen LogP contribution >= 0.6 is 0 Å². The fraction of sp³-hybridized carbons (Fsp3) is 0.471. The number of fused-ring (bicyclic) bond motifs is 1. The molecule has 1 aliphatic heterocycles. The fourth-order valence-electron chi connectivity index (χ4n) is 3.37. The van der Waals surface area contributed by atoms with E-state index in [4.69, 9.17) is 15.2 Å². The van der Waals surface area contributed by atoms with Crippen LogP contribution in [0.15, 0.2) is 18.5 Å². The van der Waals surface area contributed by atoms with E-state index in [0.29, 0.717) is 31.1 Å². The predicted molar refractivity (Wildman–Crippen MR) is 95.2 cm³/mol. The molecule has 1 saturated heterocycles. The van der Waals surface area contributed by atoms with Gasteiger partial charge in [0.15, 0.2) is 11.5 Å². The van der Waals surface area contributed by atoms with Gasteiger partial charge in [-0.15, -0.1) is 0 Å². The van der Waals surface area contributed by atoms with Gasteiger partial charge in [0, 0.05) is 31.1 Å². The van der Waals surface area contributed by atoms with Gasteiger partial charge in [0.1, 0.15) is 12.1 Å². The van der Waals surface area contributed by atoms with Crippen molar-refractivity contribution in [3.05, 3.63) is 18.5 Å². The van der Waals surface area contributed by atoms with Gasteiger partial charge in [-0.25, -0.2) is 14.8 Å². The molecule has 8 heteroatoms. The molecule has 1 aromatic heterocycles. The van der Waals surface area contributed by atoms with E-state index in [0.717, 1.165) is 16.7 Å². The molecule has 0 radical (unpaired) electrons. The molecule has 3 rings (SSSR count). The number of carbonyl (C=O) groups is 1. The summed E-state index contributed by atoms with van der Waals surface area (Å²) in [6.45, 7) is 5.80. The van der Waals surface area contributed by atoms with Crippen molar-refractivity contribution in [3.8, 4) is 11.5 Å². The Morgan fingerprint density at radius 1 is 1.16 bits per heavy atom. The lowest BCUT2D eigenvalue weighted by molar-refractivity contribution is 0.131. The Bertz CT molecular complexity index is 808. The molecule has 0 saturated carbocycles. The van der Waals surface area contributed by atoms with Crippen LogP contribution in [0.1, 0.15) is 13.8 Å². The first-order valence-corrected chi connectivity index (χ1v) is 8.06. The number of anilines is 1. The zero-order chi connectivity index (χ0) is 18.2. The third-order valence-electron chi connectivity index (χ3n) is 4.59. The summed E-state index contributed by atoms with van der Waals surface area (Å²) >= 11 is 0. The summed E-state index contributed by atoms with van der Waals surface area (Å²) in [4.78, 5) is 24.3. The van der Waals surface area contributed by atoms with Gasteiger partial charge in [-0.1, -0.05) is 0 Å². The van der Waals surface area contributed by atoms with Crippen LogP contribution in [0.2, 0.25) is 0 Å². The van der Waals surface area contributed by atoms with Gasteiger partial charge in [-0.3, -0.25) is 0 Å². The average molecular weight is 345 g/mol. The number of ether oxygens (including phenoxy) is 2. The van der Waals surface area contributed by atoms with E-state index in [1.807, 2.05) is 26.0 Å². The summed E-state index contributed by atoms with van der Waals surface area (Å²) in [7, 11) is 3.19. The molecular formula is C17H23N5O3. The minimum atomic E-state index is -0.399. The number of primary amides is 1. The fourth-order valence-corrected chi connectivity index (χ4v) is 3.37. The van der Waals surface area contributed by atoms with E-state index in [-0.39, 0.29) is 0 Å². The topological polar surface area (TPSA) is 93.8 Å². The molecule has 1 fully saturated rings. The SMILES string of the molecule is COc1cc2ncnc(N3CCN(C(N)=O)C(C)(C)C3)c2cc1OC. The van der Waals surface area contributed by atoms with Crippen molar-refractivity contribution in [3.63, 3.8) is 0 Å². The van der Waals surface area contributed by atoms with Gasteiger partial charge in [0.05, 0.1) is 25.3 Å². The maximum atomic E-state index is 11.7.